The summed E-state index contributed by atoms with van der Waals surface area (Å²) in [5.41, 5.74) is 0. The van der Waals surface area contributed by atoms with Crippen LogP contribution in [0, 0.1) is 0 Å². The van der Waals surface area contributed by atoms with Crippen LogP contribution < -0.4 is 0 Å². The van der Waals surface area contributed by atoms with Crippen molar-refractivity contribution in [3.63, 3.8) is 0 Å². The Morgan fingerprint density at radius 2 is 2.22 bits per heavy atom. The lowest BCUT2D eigenvalue weighted by Crippen LogP contribution is -1.81. The molecule has 0 aliphatic carbocycles. The summed E-state index contributed by atoms with van der Waals surface area (Å²) in [6.07, 6.45) is 0. The molecule has 0 radical (unpaired) electrons. The van der Waals surface area contributed by atoms with Crippen LogP contribution in [0.4, 0.5) is 0 Å². The summed E-state index contributed by atoms with van der Waals surface area (Å²) in [5.74, 6) is -0.354. The Morgan fingerprint density at radius 3 is 2.44 bits per heavy atom. The largest absolute Gasteiger partial charge is 0.481 e. The van der Waals surface area contributed by atoms with Gasteiger partial charge in [0.2, 0.25) is 16.2 Å². The van der Waals surface area contributed by atoms with Crippen molar-refractivity contribution < 1.29 is 18.3 Å². The van der Waals surface area contributed by atoms with Crippen LogP contribution in [0.25, 0.3) is 0 Å². The summed E-state index contributed by atoms with van der Waals surface area (Å²) in [5, 5.41) is 8.34. The molecule has 4 nitrogen and oxygen atoms in total. The molecule has 1 atom stereocenters. The van der Waals surface area contributed by atoms with Crippen LogP contribution in [-0.4, -0.2) is 13.9 Å². The Morgan fingerprint density at radius 1 is 1.56 bits per heavy atom. The van der Waals surface area contributed by atoms with E-state index in [0.717, 1.165) is 0 Å². The van der Waals surface area contributed by atoms with Gasteiger partial charge in [0.15, 0.2) is 0 Å². The van der Waals surface area contributed by atoms with Crippen molar-refractivity contribution in [2.24, 2.45) is 0 Å². The molecule has 1 rings (SSSR count). The molecule has 50 valence electrons. The summed E-state index contributed by atoms with van der Waals surface area (Å²) in [6, 6.07) is 2.43. The molecule has 0 aromatic carbocycles. The molecule has 9 heavy (non-hydrogen) atoms. The van der Waals surface area contributed by atoms with Gasteiger partial charge >= 0.3 is 0 Å². The monoisotopic (exact) mass is 148 g/mol. The Hall–Kier alpha value is -0.810. The minimum absolute atomic E-state index is 0.146. The molecule has 0 fully saturated rings. The Bertz CT molecular complexity index is 228. The number of hydrogen-bond donors (Lipinski definition) is 2. The minimum Gasteiger partial charge on any atom is -0.481 e. The van der Waals surface area contributed by atoms with E-state index in [1.54, 1.807) is 0 Å². The highest BCUT2D eigenvalue weighted by Crippen LogP contribution is 2.15. The molecular weight excluding hydrogens is 144 g/mol. The predicted molar refractivity (Wildman–Crippen MR) is 29.4 cm³/mol. The van der Waals surface area contributed by atoms with Gasteiger partial charge in [0.1, 0.15) is 0 Å². The molecule has 0 aliphatic heterocycles. The molecule has 0 saturated carbocycles. The summed E-state index contributed by atoms with van der Waals surface area (Å²) in [4.78, 5) is 0. The van der Waals surface area contributed by atoms with Crippen molar-refractivity contribution >= 4 is 11.1 Å². The van der Waals surface area contributed by atoms with Crippen LogP contribution in [0.3, 0.4) is 0 Å². The van der Waals surface area contributed by atoms with E-state index < -0.39 is 11.1 Å². The van der Waals surface area contributed by atoms with E-state index in [9.17, 15) is 4.21 Å². The van der Waals surface area contributed by atoms with Gasteiger partial charge in [-0.25, -0.2) is 4.21 Å². The summed E-state index contributed by atoms with van der Waals surface area (Å²) in [7, 11) is 0. The number of aromatic hydroxyl groups is 1. The Balaban J connectivity index is 2.98. The Labute approximate surface area is 53.4 Å². The maximum atomic E-state index is 10.1. The molecular formula is C4H4O4S. The molecule has 0 amide bonds. The summed E-state index contributed by atoms with van der Waals surface area (Å²) >= 11 is -2.13. The predicted octanol–water partition coefficient (Wildman–Crippen LogP) is 0.566. The zero-order valence-electron chi connectivity index (χ0n) is 4.27. The average molecular weight is 148 g/mol. The van der Waals surface area contributed by atoms with Crippen molar-refractivity contribution in [3.05, 3.63) is 12.1 Å². The standard InChI is InChI=1S/C4H4O4S/c5-3-1-2-4(8-3)9(6)7/h1-2,5H,(H,6,7). The van der Waals surface area contributed by atoms with Crippen LogP contribution in [-0.2, 0) is 11.1 Å². The third-order valence-corrected chi connectivity index (χ3v) is 1.30. The van der Waals surface area contributed by atoms with E-state index in [2.05, 4.69) is 4.42 Å². The van der Waals surface area contributed by atoms with Crippen molar-refractivity contribution in [3.8, 4) is 5.95 Å². The van der Waals surface area contributed by atoms with Gasteiger partial charge in [-0.2, -0.15) is 0 Å². The maximum absolute atomic E-state index is 10.1. The van der Waals surface area contributed by atoms with Gasteiger partial charge < -0.3 is 9.52 Å². The van der Waals surface area contributed by atoms with Crippen LogP contribution in [0.5, 0.6) is 5.95 Å². The van der Waals surface area contributed by atoms with Crippen molar-refractivity contribution in [2.75, 3.05) is 0 Å². The van der Waals surface area contributed by atoms with E-state index in [1.165, 1.54) is 12.1 Å². The van der Waals surface area contributed by atoms with Crippen LogP contribution in [0.2, 0.25) is 0 Å². The van der Waals surface area contributed by atoms with Crippen LogP contribution in [0.15, 0.2) is 21.6 Å². The first-order valence-electron chi connectivity index (χ1n) is 2.10. The first-order valence-corrected chi connectivity index (χ1v) is 3.20. The normalized spacial score (nSPS) is 13.4. The zero-order chi connectivity index (χ0) is 6.85. The lowest BCUT2D eigenvalue weighted by atomic mass is 10.7. The maximum Gasteiger partial charge on any atom is 0.282 e. The topological polar surface area (TPSA) is 70.7 Å². The molecule has 0 bridgehead atoms. The van der Waals surface area contributed by atoms with E-state index in [1.807, 2.05) is 0 Å². The van der Waals surface area contributed by atoms with Gasteiger partial charge in [-0.05, 0) is 6.07 Å². The van der Waals surface area contributed by atoms with Crippen LogP contribution in [0.1, 0.15) is 0 Å². The highest BCUT2D eigenvalue weighted by molar-refractivity contribution is 7.79. The molecule has 0 aliphatic rings. The minimum atomic E-state index is -2.13. The second-order valence-electron chi connectivity index (χ2n) is 1.34. The van der Waals surface area contributed by atoms with Gasteiger partial charge in [0.25, 0.3) is 5.95 Å². The Kier molecular flexibility index (Phi) is 1.54. The highest BCUT2D eigenvalue weighted by atomic mass is 32.2. The lowest BCUT2D eigenvalue weighted by molar-refractivity contribution is 0.295. The molecule has 5 heteroatoms. The van der Waals surface area contributed by atoms with Crippen LogP contribution >= 0.6 is 0 Å². The molecule has 1 heterocycles. The van der Waals surface area contributed by atoms with Crippen molar-refractivity contribution in [2.45, 2.75) is 5.09 Å². The van der Waals surface area contributed by atoms with Crippen molar-refractivity contribution in [1.82, 2.24) is 0 Å². The second kappa shape index (κ2) is 2.20. The number of furan rings is 1. The SMILES string of the molecule is O=S(O)c1ccc(O)o1. The smallest absolute Gasteiger partial charge is 0.282 e. The first kappa shape index (κ1) is 6.31. The summed E-state index contributed by atoms with van der Waals surface area (Å²) < 4.78 is 22.8. The summed E-state index contributed by atoms with van der Waals surface area (Å²) in [6.45, 7) is 0. The lowest BCUT2D eigenvalue weighted by Gasteiger charge is -1.82. The fourth-order valence-corrected chi connectivity index (χ4v) is 0.745. The fourth-order valence-electron chi connectivity index (χ4n) is 0.404. The van der Waals surface area contributed by atoms with E-state index in [4.69, 9.17) is 9.66 Å². The average Bonchev–Trinajstić information content (AvgIpc) is 2.14. The molecule has 1 unspecified atom stereocenters. The van der Waals surface area contributed by atoms with Crippen molar-refractivity contribution in [1.29, 1.82) is 0 Å². The van der Waals surface area contributed by atoms with E-state index in [0.29, 0.717) is 0 Å². The van der Waals surface area contributed by atoms with Gasteiger partial charge in [0.05, 0.1) is 0 Å². The molecule has 0 spiro atoms. The third kappa shape index (κ3) is 1.30. The third-order valence-electron chi connectivity index (χ3n) is 0.739. The van der Waals surface area contributed by atoms with Gasteiger partial charge in [0, 0.05) is 6.07 Å². The van der Waals surface area contributed by atoms with E-state index in [-0.39, 0.29) is 11.0 Å². The quantitative estimate of drug-likeness (QED) is 0.571. The van der Waals surface area contributed by atoms with E-state index >= 15 is 0 Å². The highest BCUT2D eigenvalue weighted by Gasteiger charge is 2.03. The number of rotatable bonds is 1. The molecule has 2 N–H and O–H groups in total. The fraction of sp³-hybridized carbons (Fsp3) is 0. The van der Waals surface area contributed by atoms with Gasteiger partial charge in [-0.1, -0.05) is 0 Å². The number of hydrogen-bond acceptors (Lipinski definition) is 3. The first-order chi connectivity index (χ1) is 4.20. The van der Waals surface area contributed by atoms with Gasteiger partial charge in [-0.15, -0.1) is 0 Å². The molecule has 1 aromatic rings. The van der Waals surface area contributed by atoms with Gasteiger partial charge in [-0.3, -0.25) is 4.55 Å². The molecule has 0 saturated heterocycles. The second-order valence-corrected chi connectivity index (χ2v) is 2.24. The zero-order valence-corrected chi connectivity index (χ0v) is 5.09. The molecule has 1 aromatic heterocycles.